The first-order chi connectivity index (χ1) is 8.49. The van der Waals surface area contributed by atoms with Crippen LogP contribution in [-0.4, -0.2) is 55.7 Å². The Hall–Kier alpha value is -1.28. The molecule has 0 radical (unpaired) electrons. The minimum atomic E-state index is -1.13. The monoisotopic (exact) mass is 286 g/mol. The summed E-state index contributed by atoms with van der Waals surface area (Å²) in [6, 6.07) is 0. The molecule has 0 bridgehead atoms. The maximum Gasteiger partial charge on any atom is 0.355 e. The molecule has 3 heterocycles. The van der Waals surface area contributed by atoms with Gasteiger partial charge >= 0.3 is 5.97 Å². The molecule has 1 N–H and O–H groups in total. The highest BCUT2D eigenvalue weighted by Gasteiger charge is 2.53. The van der Waals surface area contributed by atoms with Crippen LogP contribution in [0, 0.1) is 5.41 Å². The molecule has 8 heteroatoms. The third kappa shape index (κ3) is 1.76. The molecule has 0 atom stereocenters. The van der Waals surface area contributed by atoms with Crippen molar-refractivity contribution in [2.45, 2.75) is 0 Å². The lowest BCUT2D eigenvalue weighted by molar-refractivity contribution is 0.0216. The molecule has 0 aliphatic carbocycles. The Labute approximate surface area is 109 Å². The molecular weight excluding hydrogens is 276 g/mol. The van der Waals surface area contributed by atoms with Gasteiger partial charge in [0.1, 0.15) is 0 Å². The van der Waals surface area contributed by atoms with Crippen molar-refractivity contribution >= 4 is 34.0 Å². The molecule has 96 valence electrons. The number of carbonyl (C=O) groups is 2. The molecule has 3 rings (SSSR count). The standard InChI is InChI=1S/C10H10N2O4S2/c13-8(7-11-6(1-17-7)9(14)15)12-2-10(3-12)4-18(16)5-10/h1H,2-5H2,(H,14,15). The average Bonchev–Trinajstić information content (AvgIpc) is 2.69. The molecule has 2 aliphatic rings. The quantitative estimate of drug-likeness (QED) is 0.829. The molecule has 1 amide bonds. The van der Waals surface area contributed by atoms with E-state index in [-0.39, 0.29) is 22.0 Å². The Bertz CT molecular complexity index is 552. The zero-order valence-electron chi connectivity index (χ0n) is 9.29. The van der Waals surface area contributed by atoms with Gasteiger partial charge in [-0.3, -0.25) is 9.00 Å². The van der Waals surface area contributed by atoms with E-state index in [0.717, 1.165) is 11.3 Å². The second-order valence-electron chi connectivity index (χ2n) is 4.73. The summed E-state index contributed by atoms with van der Waals surface area (Å²) in [4.78, 5) is 28.1. The van der Waals surface area contributed by atoms with Gasteiger partial charge in [-0.05, 0) is 0 Å². The van der Waals surface area contributed by atoms with Crippen molar-refractivity contribution in [3.05, 3.63) is 16.1 Å². The molecular formula is C10H10N2O4S2. The van der Waals surface area contributed by atoms with Gasteiger partial charge in [0.15, 0.2) is 10.7 Å². The summed E-state index contributed by atoms with van der Waals surface area (Å²) in [5.74, 6) is -0.0000779. The van der Waals surface area contributed by atoms with Crippen molar-refractivity contribution in [1.29, 1.82) is 0 Å². The maximum absolute atomic E-state index is 12.0. The van der Waals surface area contributed by atoms with E-state index in [1.165, 1.54) is 5.38 Å². The summed E-state index contributed by atoms with van der Waals surface area (Å²) < 4.78 is 11.1. The molecule has 18 heavy (non-hydrogen) atoms. The Kier molecular flexibility index (Phi) is 2.53. The number of aromatic nitrogens is 1. The lowest BCUT2D eigenvalue weighted by atomic mass is 9.83. The Morgan fingerprint density at radius 2 is 2.11 bits per heavy atom. The number of rotatable bonds is 2. The molecule has 2 fully saturated rings. The number of amides is 1. The van der Waals surface area contributed by atoms with Crippen LogP contribution in [-0.2, 0) is 10.8 Å². The number of likely N-dealkylation sites (tertiary alicyclic amines) is 1. The molecule has 2 aliphatic heterocycles. The van der Waals surface area contributed by atoms with Gasteiger partial charge in [-0.15, -0.1) is 11.3 Å². The maximum atomic E-state index is 12.0. The van der Waals surface area contributed by atoms with Crippen molar-refractivity contribution in [2.75, 3.05) is 24.6 Å². The molecule has 1 spiro atoms. The first-order valence-electron chi connectivity index (χ1n) is 5.32. The summed E-state index contributed by atoms with van der Waals surface area (Å²) >= 11 is 1.05. The zero-order chi connectivity index (χ0) is 12.9. The molecule has 6 nitrogen and oxygen atoms in total. The van der Waals surface area contributed by atoms with Crippen LogP contribution in [0.25, 0.3) is 0 Å². The number of carboxylic acids is 1. The number of carbonyl (C=O) groups excluding carboxylic acids is 1. The van der Waals surface area contributed by atoms with Crippen LogP contribution in [0.3, 0.4) is 0 Å². The summed E-state index contributed by atoms with van der Waals surface area (Å²) in [6.07, 6.45) is 0. The van der Waals surface area contributed by atoms with Crippen LogP contribution in [0.4, 0.5) is 0 Å². The zero-order valence-corrected chi connectivity index (χ0v) is 10.9. The highest BCUT2D eigenvalue weighted by atomic mass is 32.2. The normalized spacial score (nSPS) is 21.4. The first kappa shape index (κ1) is 11.8. The Morgan fingerprint density at radius 1 is 1.44 bits per heavy atom. The lowest BCUT2D eigenvalue weighted by Gasteiger charge is -2.54. The number of aromatic carboxylic acids is 1. The lowest BCUT2D eigenvalue weighted by Crippen LogP contribution is -2.67. The van der Waals surface area contributed by atoms with Crippen molar-refractivity contribution < 1.29 is 18.9 Å². The molecule has 1 aromatic rings. The van der Waals surface area contributed by atoms with E-state index in [0.29, 0.717) is 24.6 Å². The predicted octanol–water partition coefficient (Wildman–Crippen LogP) is 0.0458. The highest BCUT2D eigenvalue weighted by molar-refractivity contribution is 7.86. The number of carboxylic acid groups (broad SMARTS) is 1. The molecule has 1 aromatic heterocycles. The Balaban J connectivity index is 1.65. The van der Waals surface area contributed by atoms with Gasteiger partial charge in [0.05, 0.1) is 0 Å². The number of hydrogen-bond acceptors (Lipinski definition) is 5. The van der Waals surface area contributed by atoms with Crippen LogP contribution in [0.1, 0.15) is 20.3 Å². The fourth-order valence-corrected chi connectivity index (χ4v) is 4.74. The summed E-state index contributed by atoms with van der Waals surface area (Å²) in [5, 5.41) is 10.3. The van der Waals surface area contributed by atoms with Gasteiger partial charge in [0, 0.05) is 46.2 Å². The number of thiazole rings is 1. The predicted molar refractivity (Wildman–Crippen MR) is 65.3 cm³/mol. The molecule has 0 unspecified atom stereocenters. The summed E-state index contributed by atoms with van der Waals surface area (Å²) in [6.45, 7) is 1.22. The first-order valence-corrected chi connectivity index (χ1v) is 7.69. The number of nitrogens with zero attached hydrogens (tertiary/aromatic N) is 2. The van der Waals surface area contributed by atoms with E-state index in [9.17, 15) is 13.8 Å². The van der Waals surface area contributed by atoms with E-state index in [1.54, 1.807) is 4.90 Å². The van der Waals surface area contributed by atoms with E-state index >= 15 is 0 Å². The minimum absolute atomic E-state index is 0.0629. The van der Waals surface area contributed by atoms with Crippen molar-refractivity contribution in [3.63, 3.8) is 0 Å². The molecule has 0 saturated carbocycles. The van der Waals surface area contributed by atoms with Crippen molar-refractivity contribution in [3.8, 4) is 0 Å². The third-order valence-corrected chi connectivity index (χ3v) is 5.88. The second-order valence-corrected chi connectivity index (χ2v) is 7.05. The third-order valence-electron chi connectivity index (χ3n) is 3.18. The van der Waals surface area contributed by atoms with Crippen molar-refractivity contribution in [1.82, 2.24) is 9.88 Å². The van der Waals surface area contributed by atoms with Gasteiger partial charge in [-0.2, -0.15) is 0 Å². The SMILES string of the molecule is O=C(O)c1csc(C(=O)N2CC3(C2)CS(=O)C3)n1. The fourth-order valence-electron chi connectivity index (χ4n) is 2.34. The average molecular weight is 286 g/mol. The van der Waals surface area contributed by atoms with Crippen LogP contribution in [0.15, 0.2) is 5.38 Å². The minimum Gasteiger partial charge on any atom is -0.476 e. The highest BCUT2D eigenvalue weighted by Crippen LogP contribution is 2.40. The summed E-state index contributed by atoms with van der Waals surface area (Å²) in [7, 11) is -0.713. The van der Waals surface area contributed by atoms with Crippen LogP contribution in [0.2, 0.25) is 0 Å². The van der Waals surface area contributed by atoms with E-state index < -0.39 is 16.8 Å². The molecule has 0 aromatic carbocycles. The second kappa shape index (κ2) is 3.86. The van der Waals surface area contributed by atoms with Gasteiger partial charge in [-0.1, -0.05) is 0 Å². The van der Waals surface area contributed by atoms with Gasteiger partial charge in [-0.25, -0.2) is 9.78 Å². The van der Waals surface area contributed by atoms with E-state index in [4.69, 9.17) is 5.11 Å². The van der Waals surface area contributed by atoms with E-state index in [1.807, 2.05) is 0 Å². The van der Waals surface area contributed by atoms with Gasteiger partial charge in [0.2, 0.25) is 0 Å². The van der Waals surface area contributed by atoms with Crippen LogP contribution in [0.5, 0.6) is 0 Å². The smallest absolute Gasteiger partial charge is 0.355 e. The Morgan fingerprint density at radius 3 is 2.61 bits per heavy atom. The van der Waals surface area contributed by atoms with Crippen LogP contribution < -0.4 is 0 Å². The molecule has 2 saturated heterocycles. The van der Waals surface area contributed by atoms with Crippen LogP contribution >= 0.6 is 11.3 Å². The fraction of sp³-hybridized carbons (Fsp3) is 0.500. The summed E-state index contributed by atoms with van der Waals surface area (Å²) in [5.41, 5.74) is -0.0312. The van der Waals surface area contributed by atoms with Gasteiger partial charge in [0.25, 0.3) is 5.91 Å². The van der Waals surface area contributed by atoms with Gasteiger partial charge < -0.3 is 10.0 Å². The topological polar surface area (TPSA) is 87.6 Å². The number of hydrogen-bond donors (Lipinski definition) is 1. The van der Waals surface area contributed by atoms with E-state index in [2.05, 4.69) is 4.98 Å². The largest absolute Gasteiger partial charge is 0.476 e. The van der Waals surface area contributed by atoms with Crippen molar-refractivity contribution in [2.24, 2.45) is 5.41 Å².